The van der Waals surface area contributed by atoms with E-state index in [4.69, 9.17) is 16.3 Å². The molecule has 2 aliphatic heterocycles. The Bertz CT molecular complexity index is 1370. The van der Waals surface area contributed by atoms with Crippen LogP contribution >= 0.6 is 11.6 Å². The molecule has 0 spiro atoms. The first-order valence-electron chi connectivity index (χ1n) is 12.7. The molecule has 0 bridgehead atoms. The minimum Gasteiger partial charge on any atom is -0.453 e. The summed E-state index contributed by atoms with van der Waals surface area (Å²) in [6.07, 6.45) is -1.31. The van der Waals surface area contributed by atoms with Gasteiger partial charge in [-0.25, -0.2) is 14.3 Å². The number of methoxy groups -OCH3 is 1. The molecular formula is C26H28ClF3N6O3. The number of likely N-dealkylation sites (tertiary alicyclic amines) is 1. The van der Waals surface area contributed by atoms with E-state index >= 15 is 0 Å². The highest BCUT2D eigenvalue weighted by atomic mass is 35.5. The molecule has 9 nitrogen and oxygen atoms in total. The number of anilines is 2. The van der Waals surface area contributed by atoms with Gasteiger partial charge in [0.2, 0.25) is 5.91 Å². The van der Waals surface area contributed by atoms with E-state index in [1.807, 2.05) is 4.90 Å². The number of nitrogens with zero attached hydrogens (tertiary/aromatic N) is 6. The monoisotopic (exact) mass is 564 g/mol. The molecule has 0 N–H and O–H groups in total. The van der Waals surface area contributed by atoms with Gasteiger partial charge in [0.05, 0.1) is 24.7 Å². The van der Waals surface area contributed by atoms with Crippen LogP contribution < -0.4 is 4.90 Å². The maximum absolute atomic E-state index is 14.3. The van der Waals surface area contributed by atoms with Crippen LogP contribution in [0.3, 0.4) is 0 Å². The second-order valence-corrected chi connectivity index (χ2v) is 10.2. The van der Waals surface area contributed by atoms with Crippen LogP contribution in [0.25, 0.3) is 5.65 Å². The van der Waals surface area contributed by atoms with Crippen molar-refractivity contribution in [2.24, 2.45) is 5.92 Å². The zero-order valence-electron chi connectivity index (χ0n) is 21.5. The van der Waals surface area contributed by atoms with Crippen molar-refractivity contribution in [1.82, 2.24) is 24.4 Å². The standard InChI is InChI=1S/C26H28ClF3N6O3/c1-33(24(37)17-9-12-34(13-10-17)25(38)39-2)23(26(28,29)30)16-5-7-18(8-6-16)35-11-3-4-19-20(35)15-31-22-14-21(27)32-36(19)22/h5-8,14-15,17,23H,3-4,9-13H2,1-2H3/t23-/m0/s1. The minimum atomic E-state index is -4.68. The van der Waals surface area contributed by atoms with E-state index in [-0.39, 0.29) is 31.5 Å². The van der Waals surface area contributed by atoms with Gasteiger partial charge in [-0.2, -0.15) is 18.3 Å². The molecule has 2 amide bonds. The SMILES string of the molecule is COC(=O)N1CCC(C(=O)N(C)[C@@H](c2ccc(N3CCCc4c3cnc3cc(Cl)nn43)cc2)C(F)(F)F)CC1. The van der Waals surface area contributed by atoms with Crippen LogP contribution in [0.4, 0.5) is 29.3 Å². The maximum Gasteiger partial charge on any atom is 0.413 e. The topological polar surface area (TPSA) is 83.3 Å². The summed E-state index contributed by atoms with van der Waals surface area (Å²) in [6.45, 7) is 1.18. The number of hydrogen-bond donors (Lipinski definition) is 0. The zero-order chi connectivity index (χ0) is 27.9. The Morgan fingerprint density at radius 3 is 2.49 bits per heavy atom. The molecule has 1 saturated heterocycles. The Morgan fingerprint density at radius 2 is 1.85 bits per heavy atom. The Balaban J connectivity index is 1.36. The van der Waals surface area contributed by atoms with Gasteiger partial charge >= 0.3 is 12.3 Å². The van der Waals surface area contributed by atoms with Gasteiger partial charge in [0.1, 0.15) is 0 Å². The molecule has 5 rings (SSSR count). The number of ether oxygens (including phenoxy) is 1. The van der Waals surface area contributed by atoms with Gasteiger partial charge in [0, 0.05) is 44.4 Å². The third-order valence-electron chi connectivity index (χ3n) is 7.46. The number of fused-ring (bicyclic) bond motifs is 3. The lowest BCUT2D eigenvalue weighted by molar-refractivity contribution is -0.191. The molecule has 208 valence electrons. The van der Waals surface area contributed by atoms with Crippen LogP contribution in [0.2, 0.25) is 5.15 Å². The van der Waals surface area contributed by atoms with Gasteiger partial charge in [-0.1, -0.05) is 23.7 Å². The number of carbonyl (C=O) groups is 2. The fourth-order valence-electron chi connectivity index (χ4n) is 5.52. The summed E-state index contributed by atoms with van der Waals surface area (Å²) in [5, 5.41) is 4.65. The summed E-state index contributed by atoms with van der Waals surface area (Å²) >= 11 is 6.06. The van der Waals surface area contributed by atoms with Crippen LogP contribution in [0.1, 0.15) is 36.6 Å². The summed E-state index contributed by atoms with van der Waals surface area (Å²) in [4.78, 5) is 33.5. The van der Waals surface area contributed by atoms with E-state index in [0.717, 1.165) is 29.1 Å². The number of amides is 2. The molecule has 0 aliphatic carbocycles. The van der Waals surface area contributed by atoms with E-state index in [2.05, 4.69) is 10.1 Å². The van der Waals surface area contributed by atoms with Crippen LogP contribution in [0, 0.1) is 5.92 Å². The highest BCUT2D eigenvalue weighted by molar-refractivity contribution is 6.29. The van der Waals surface area contributed by atoms with Crippen LogP contribution in [-0.4, -0.2) is 76.4 Å². The van der Waals surface area contributed by atoms with Crippen molar-refractivity contribution in [3.8, 4) is 0 Å². The Morgan fingerprint density at radius 1 is 1.15 bits per heavy atom. The van der Waals surface area contributed by atoms with E-state index in [0.29, 0.717) is 23.0 Å². The average molecular weight is 565 g/mol. The summed E-state index contributed by atoms with van der Waals surface area (Å²) in [6, 6.07) is 5.68. The molecule has 3 aromatic rings. The first-order chi connectivity index (χ1) is 18.6. The third-order valence-corrected chi connectivity index (χ3v) is 7.64. The van der Waals surface area contributed by atoms with Gasteiger partial charge in [-0.15, -0.1) is 0 Å². The van der Waals surface area contributed by atoms with Gasteiger partial charge in [-0.05, 0) is 43.4 Å². The van der Waals surface area contributed by atoms with E-state index in [1.165, 1.54) is 31.2 Å². The molecule has 0 saturated carbocycles. The summed E-state index contributed by atoms with van der Waals surface area (Å²) in [7, 11) is 2.45. The average Bonchev–Trinajstić information content (AvgIpc) is 3.32. The van der Waals surface area contributed by atoms with Gasteiger partial charge in [-0.3, -0.25) is 4.79 Å². The molecule has 39 heavy (non-hydrogen) atoms. The lowest BCUT2D eigenvalue weighted by Gasteiger charge is -2.36. The largest absolute Gasteiger partial charge is 0.453 e. The molecular weight excluding hydrogens is 537 g/mol. The summed E-state index contributed by atoms with van der Waals surface area (Å²) in [5.41, 5.74) is 3.06. The zero-order valence-corrected chi connectivity index (χ0v) is 22.2. The van der Waals surface area contributed by atoms with E-state index < -0.39 is 30.1 Å². The lowest BCUT2D eigenvalue weighted by atomic mass is 9.94. The predicted molar refractivity (Wildman–Crippen MR) is 138 cm³/mol. The number of aromatic nitrogens is 3. The molecule has 0 unspecified atom stereocenters. The fourth-order valence-corrected chi connectivity index (χ4v) is 5.69. The van der Waals surface area contributed by atoms with Crippen molar-refractivity contribution in [3.63, 3.8) is 0 Å². The second-order valence-electron chi connectivity index (χ2n) is 9.80. The summed E-state index contributed by atoms with van der Waals surface area (Å²) in [5.74, 6) is -1.20. The van der Waals surface area contributed by atoms with Crippen molar-refractivity contribution in [3.05, 3.63) is 52.9 Å². The molecule has 2 aromatic heterocycles. The first-order valence-corrected chi connectivity index (χ1v) is 13.0. The van der Waals surface area contributed by atoms with Gasteiger partial charge in [0.15, 0.2) is 16.8 Å². The molecule has 4 heterocycles. The number of halogens is 4. The summed E-state index contributed by atoms with van der Waals surface area (Å²) < 4.78 is 49.3. The maximum atomic E-state index is 14.3. The molecule has 13 heteroatoms. The van der Waals surface area contributed by atoms with Crippen LogP contribution in [-0.2, 0) is 16.0 Å². The van der Waals surface area contributed by atoms with Crippen molar-refractivity contribution in [2.75, 3.05) is 38.7 Å². The van der Waals surface area contributed by atoms with Crippen molar-refractivity contribution < 1.29 is 27.5 Å². The van der Waals surface area contributed by atoms with Crippen molar-refractivity contribution >= 4 is 40.6 Å². The van der Waals surface area contributed by atoms with Crippen LogP contribution in [0.5, 0.6) is 0 Å². The van der Waals surface area contributed by atoms with E-state index in [9.17, 15) is 22.8 Å². The second kappa shape index (κ2) is 10.6. The number of piperidine rings is 1. The molecule has 1 atom stereocenters. The number of aryl methyl sites for hydroxylation is 1. The van der Waals surface area contributed by atoms with Crippen molar-refractivity contribution in [1.29, 1.82) is 0 Å². The Hall–Kier alpha value is -3.54. The molecule has 0 radical (unpaired) electrons. The van der Waals surface area contributed by atoms with Gasteiger partial charge in [0.25, 0.3) is 0 Å². The number of hydrogen-bond acceptors (Lipinski definition) is 6. The first kappa shape index (κ1) is 27.0. The number of rotatable bonds is 4. The van der Waals surface area contributed by atoms with Gasteiger partial charge < -0.3 is 19.4 Å². The number of benzene rings is 1. The quantitative estimate of drug-likeness (QED) is 0.443. The Kier molecular flexibility index (Phi) is 7.32. The molecule has 1 aromatic carbocycles. The molecule has 1 fully saturated rings. The third kappa shape index (κ3) is 5.21. The number of alkyl halides is 3. The van der Waals surface area contributed by atoms with E-state index in [1.54, 1.807) is 28.9 Å². The van der Waals surface area contributed by atoms with Crippen molar-refractivity contribution in [2.45, 2.75) is 37.9 Å². The smallest absolute Gasteiger partial charge is 0.413 e. The Labute approximate surface area is 228 Å². The highest BCUT2D eigenvalue weighted by Gasteiger charge is 2.46. The van der Waals surface area contributed by atoms with Crippen LogP contribution in [0.15, 0.2) is 36.5 Å². The minimum absolute atomic E-state index is 0.0289. The normalized spacial score (nSPS) is 17.2. The highest BCUT2D eigenvalue weighted by Crippen LogP contribution is 2.40. The predicted octanol–water partition coefficient (Wildman–Crippen LogP) is 5.01. The number of carbonyl (C=O) groups excluding carboxylic acids is 2. The lowest BCUT2D eigenvalue weighted by Crippen LogP contribution is -2.46. The fraction of sp³-hybridized carbons (Fsp3) is 0.462. The molecule has 2 aliphatic rings.